The molecule has 4 heterocycles. The van der Waals surface area contributed by atoms with Crippen LogP contribution in [0.3, 0.4) is 0 Å². The highest BCUT2D eigenvalue weighted by Gasteiger charge is 2.39. The van der Waals surface area contributed by atoms with Gasteiger partial charge >= 0.3 is 0 Å². The van der Waals surface area contributed by atoms with Crippen LogP contribution >= 0.6 is 35.0 Å². The number of carbonyl (C=O) groups excluding carboxylic acids is 1. The predicted molar refractivity (Wildman–Crippen MR) is 142 cm³/mol. The number of nitrogens with zero attached hydrogens (tertiary/aromatic N) is 6. The Labute approximate surface area is 218 Å². The second-order valence-corrected chi connectivity index (χ2v) is 11.4. The molecule has 1 amide bonds. The van der Waals surface area contributed by atoms with E-state index in [0.717, 1.165) is 47.1 Å². The van der Waals surface area contributed by atoms with E-state index in [4.69, 9.17) is 28.2 Å². The molecule has 10 heteroatoms. The van der Waals surface area contributed by atoms with Crippen LogP contribution in [0.2, 0.25) is 10.0 Å². The first kappa shape index (κ1) is 23.3. The van der Waals surface area contributed by atoms with E-state index in [2.05, 4.69) is 25.5 Å². The van der Waals surface area contributed by atoms with Crippen LogP contribution in [-0.4, -0.2) is 73.1 Å². The number of benzene rings is 1. The topological polar surface area (TPSA) is 66.1 Å². The number of hydrogen-bond donors (Lipinski definition) is 0. The summed E-state index contributed by atoms with van der Waals surface area (Å²) in [5, 5.41) is 1.18. The molecule has 1 aromatic carbocycles. The van der Waals surface area contributed by atoms with Gasteiger partial charge in [0.05, 0.1) is 33.8 Å². The maximum Gasteiger partial charge on any atom is 0.251 e. The zero-order chi connectivity index (χ0) is 24.2. The Balaban J connectivity index is 1.28. The fourth-order valence-electron chi connectivity index (χ4n) is 4.83. The van der Waals surface area contributed by atoms with Gasteiger partial charge in [0.2, 0.25) is 0 Å². The number of aromatic nitrogens is 3. The highest BCUT2D eigenvalue weighted by atomic mass is 35.5. The minimum Gasteiger partial charge on any atom is -0.338 e. The van der Waals surface area contributed by atoms with E-state index < -0.39 is 5.54 Å². The molecule has 3 aromatic rings. The second kappa shape index (κ2) is 9.07. The van der Waals surface area contributed by atoms with Gasteiger partial charge in [0.15, 0.2) is 5.65 Å². The van der Waals surface area contributed by atoms with E-state index in [1.54, 1.807) is 23.4 Å². The fourth-order valence-corrected chi connectivity index (χ4v) is 6.23. The van der Waals surface area contributed by atoms with Crippen molar-refractivity contribution >= 4 is 52.1 Å². The van der Waals surface area contributed by atoms with Crippen molar-refractivity contribution < 1.29 is 4.79 Å². The summed E-state index contributed by atoms with van der Waals surface area (Å²) in [5.41, 5.74) is 5.89. The fraction of sp³-hybridized carbons (Fsp3) is 0.440. The molecule has 1 aliphatic carbocycles. The Bertz CT molecular complexity index is 1330. The van der Waals surface area contributed by atoms with Crippen LogP contribution in [0, 0.1) is 0 Å². The summed E-state index contributed by atoms with van der Waals surface area (Å²) in [5.74, 6) is 1.39. The van der Waals surface area contributed by atoms with Gasteiger partial charge < -0.3 is 4.90 Å². The van der Waals surface area contributed by atoms with Gasteiger partial charge in [0, 0.05) is 61.2 Å². The number of fused-ring (bicyclic) bond motifs is 1. The van der Waals surface area contributed by atoms with Crippen LogP contribution in [-0.2, 0) is 11.3 Å². The van der Waals surface area contributed by atoms with Crippen LogP contribution < -0.4 is 0 Å². The van der Waals surface area contributed by atoms with E-state index in [1.807, 2.05) is 30.2 Å². The van der Waals surface area contributed by atoms with E-state index >= 15 is 0 Å². The van der Waals surface area contributed by atoms with Gasteiger partial charge in [-0.2, -0.15) is 0 Å². The van der Waals surface area contributed by atoms with Crippen molar-refractivity contribution in [2.45, 2.75) is 37.8 Å². The smallest absolute Gasteiger partial charge is 0.251 e. The molecule has 7 nitrogen and oxygen atoms in total. The normalized spacial score (nSPS) is 22.9. The number of rotatable bonds is 5. The predicted octanol–water partition coefficient (Wildman–Crippen LogP) is 4.76. The van der Waals surface area contributed by atoms with Gasteiger partial charge in [-0.3, -0.25) is 24.1 Å². The summed E-state index contributed by atoms with van der Waals surface area (Å²) >= 11 is 14.4. The van der Waals surface area contributed by atoms with E-state index in [0.29, 0.717) is 35.6 Å². The first-order chi connectivity index (χ1) is 16.9. The molecule has 2 fully saturated rings. The Morgan fingerprint density at radius 3 is 2.69 bits per heavy atom. The van der Waals surface area contributed by atoms with Gasteiger partial charge in [0.1, 0.15) is 5.54 Å². The maximum atomic E-state index is 13.1. The molecular weight excluding hydrogens is 503 g/mol. The summed E-state index contributed by atoms with van der Waals surface area (Å²) in [4.78, 5) is 31.4. The minimum absolute atomic E-state index is 0.127. The van der Waals surface area contributed by atoms with Crippen LogP contribution in [0.4, 0.5) is 0 Å². The third-order valence-electron chi connectivity index (χ3n) is 7.08. The van der Waals surface area contributed by atoms with Crippen molar-refractivity contribution in [3.8, 4) is 11.3 Å². The minimum atomic E-state index is -0.626. The molecule has 1 atom stereocenters. The highest BCUT2D eigenvalue weighted by Crippen LogP contribution is 2.40. The summed E-state index contributed by atoms with van der Waals surface area (Å²) < 4.78 is 2.17. The molecule has 6 rings (SSSR count). The lowest BCUT2D eigenvalue weighted by Gasteiger charge is -2.37. The molecule has 35 heavy (non-hydrogen) atoms. The molecule has 2 aliphatic heterocycles. The number of halogens is 2. The molecule has 0 radical (unpaired) electrons. The first-order valence-electron chi connectivity index (χ1n) is 11.9. The molecule has 0 spiro atoms. The summed E-state index contributed by atoms with van der Waals surface area (Å²) in [6.07, 6.45) is 6.38. The van der Waals surface area contributed by atoms with Crippen molar-refractivity contribution in [1.82, 2.24) is 24.2 Å². The lowest BCUT2D eigenvalue weighted by molar-refractivity contribution is -0.137. The monoisotopic (exact) mass is 528 g/mol. The largest absolute Gasteiger partial charge is 0.338 e. The molecule has 0 N–H and O–H groups in total. The second-order valence-electron chi connectivity index (χ2n) is 9.73. The Kier molecular flexibility index (Phi) is 6.03. The van der Waals surface area contributed by atoms with E-state index in [1.165, 1.54) is 12.8 Å². The van der Waals surface area contributed by atoms with Crippen molar-refractivity contribution in [2.75, 3.05) is 31.9 Å². The number of piperazine rings is 1. The number of aliphatic imine (C=N–C) groups is 1. The summed E-state index contributed by atoms with van der Waals surface area (Å²) in [7, 11) is 0. The van der Waals surface area contributed by atoms with Gasteiger partial charge in [-0.15, -0.1) is 11.8 Å². The molecule has 0 bridgehead atoms. The maximum absolute atomic E-state index is 13.1. The Morgan fingerprint density at radius 1 is 1.20 bits per heavy atom. The number of thioether (sulfide) groups is 1. The molecule has 182 valence electrons. The van der Waals surface area contributed by atoms with Crippen LogP contribution in [0.5, 0.6) is 0 Å². The number of amides is 1. The van der Waals surface area contributed by atoms with Crippen molar-refractivity contribution in [1.29, 1.82) is 0 Å². The number of carbonyl (C=O) groups is 1. The van der Waals surface area contributed by atoms with Crippen LogP contribution in [0.25, 0.3) is 16.9 Å². The number of hydrogen-bond acceptors (Lipinski definition) is 6. The lowest BCUT2D eigenvalue weighted by atomic mass is 10.0. The number of imidazole rings is 1. The Morgan fingerprint density at radius 2 is 2.00 bits per heavy atom. The summed E-state index contributed by atoms with van der Waals surface area (Å²) in [6.45, 7) is 5.61. The SMILES string of the molecule is CC1(C(=O)N2CCN(Cc3c(-c4ccc(Cl)cc4Cl)nc4cnc(C5CC5)cn34)CC2)CSC=N1. The zero-order valence-electron chi connectivity index (χ0n) is 19.5. The van der Waals surface area contributed by atoms with Crippen LogP contribution in [0.15, 0.2) is 35.6 Å². The average molecular weight is 529 g/mol. The molecular formula is C25H26Cl2N6OS. The zero-order valence-corrected chi connectivity index (χ0v) is 21.8. The summed E-state index contributed by atoms with van der Waals surface area (Å²) in [6, 6.07) is 5.54. The quantitative estimate of drug-likeness (QED) is 0.477. The van der Waals surface area contributed by atoms with E-state index in [9.17, 15) is 4.79 Å². The Hall–Kier alpha value is -2.13. The third-order valence-corrected chi connectivity index (χ3v) is 8.61. The molecule has 1 saturated heterocycles. The first-order valence-corrected chi connectivity index (χ1v) is 13.7. The molecule has 2 aromatic heterocycles. The van der Waals surface area contributed by atoms with Crippen molar-refractivity contribution in [3.05, 3.63) is 52.0 Å². The third kappa shape index (κ3) is 4.46. The highest BCUT2D eigenvalue weighted by molar-refractivity contribution is 8.12. The van der Waals surface area contributed by atoms with E-state index in [-0.39, 0.29) is 5.91 Å². The van der Waals surface area contributed by atoms with Crippen LogP contribution in [0.1, 0.15) is 37.1 Å². The average Bonchev–Trinajstić information content (AvgIpc) is 3.52. The molecule has 3 aliphatic rings. The van der Waals surface area contributed by atoms with Gasteiger partial charge in [-0.1, -0.05) is 23.2 Å². The standard InChI is InChI=1S/C25H26Cl2N6OS/c1-25(14-35-15-29-25)24(34)32-8-6-31(7-9-32)13-21-23(18-5-4-17(26)10-19(18)27)30-22-11-28-20(12-33(21)22)16-2-3-16/h4-5,10-12,15-16H,2-3,6-9,13-14H2,1H3. The van der Waals surface area contributed by atoms with Gasteiger partial charge in [-0.25, -0.2) is 4.98 Å². The molecule has 1 saturated carbocycles. The van der Waals surface area contributed by atoms with Gasteiger partial charge in [0.25, 0.3) is 5.91 Å². The lowest BCUT2D eigenvalue weighted by Crippen LogP contribution is -2.54. The van der Waals surface area contributed by atoms with Gasteiger partial charge in [-0.05, 0) is 38.0 Å². The van der Waals surface area contributed by atoms with Crippen molar-refractivity contribution in [2.24, 2.45) is 4.99 Å². The van der Waals surface area contributed by atoms with Crippen molar-refractivity contribution in [3.63, 3.8) is 0 Å². The molecule has 1 unspecified atom stereocenters.